The lowest BCUT2D eigenvalue weighted by Crippen LogP contribution is -2.07. The molecule has 2 aromatic rings. The molecular formula is C24H8F6N4. The van der Waals surface area contributed by atoms with Crippen LogP contribution in [0.5, 0.6) is 0 Å². The van der Waals surface area contributed by atoms with Crippen molar-refractivity contribution in [3.8, 4) is 12.1 Å². The van der Waals surface area contributed by atoms with Crippen LogP contribution in [0.4, 0.5) is 26.3 Å². The highest BCUT2D eigenvalue weighted by molar-refractivity contribution is 5.98. The van der Waals surface area contributed by atoms with E-state index in [1.165, 1.54) is 0 Å². The number of hydrogen-bond donors (Lipinski definition) is 0. The second-order valence-electron chi connectivity index (χ2n) is 7.53. The molecule has 2 aromatic carbocycles. The zero-order valence-corrected chi connectivity index (χ0v) is 16.7. The molecule has 0 amide bonds. The number of nitriles is 2. The van der Waals surface area contributed by atoms with Gasteiger partial charge in [0.25, 0.3) is 11.4 Å². The fourth-order valence-electron chi connectivity index (χ4n) is 4.66. The fraction of sp³-hybridized carbons (Fsp3) is 0.167. The Morgan fingerprint density at radius 2 is 1.06 bits per heavy atom. The van der Waals surface area contributed by atoms with Gasteiger partial charge in [-0.05, 0) is 57.7 Å². The van der Waals surface area contributed by atoms with Crippen LogP contribution in [0.1, 0.15) is 45.2 Å². The predicted octanol–water partition coefficient (Wildman–Crippen LogP) is 6.93. The lowest BCUT2D eigenvalue weighted by atomic mass is 9.87. The lowest BCUT2D eigenvalue weighted by Gasteiger charge is -2.16. The number of alkyl halides is 6. The van der Waals surface area contributed by atoms with Gasteiger partial charge in [-0.3, -0.25) is 0 Å². The third kappa shape index (κ3) is 3.20. The monoisotopic (exact) mass is 466 g/mol. The van der Waals surface area contributed by atoms with E-state index in [1.54, 1.807) is 12.1 Å². The average molecular weight is 466 g/mol. The van der Waals surface area contributed by atoms with Crippen LogP contribution in [-0.4, -0.2) is 0 Å². The van der Waals surface area contributed by atoms with Gasteiger partial charge in [0.05, 0.1) is 36.4 Å². The van der Waals surface area contributed by atoms with E-state index in [4.69, 9.17) is 13.1 Å². The van der Waals surface area contributed by atoms with Gasteiger partial charge in [0.1, 0.15) is 0 Å². The van der Waals surface area contributed by atoms with Gasteiger partial charge < -0.3 is 0 Å². The van der Waals surface area contributed by atoms with E-state index < -0.39 is 46.7 Å². The van der Waals surface area contributed by atoms with Crippen LogP contribution in [-0.2, 0) is 12.4 Å². The molecule has 2 atom stereocenters. The van der Waals surface area contributed by atoms with Gasteiger partial charge >= 0.3 is 12.4 Å². The largest absolute Gasteiger partial charge is 0.416 e. The minimum atomic E-state index is -4.74. The minimum Gasteiger partial charge on any atom is -0.226 e. The van der Waals surface area contributed by atoms with Gasteiger partial charge in [-0.25, -0.2) is 20.2 Å². The summed E-state index contributed by atoms with van der Waals surface area (Å²) in [5.74, 6) is -2.28. The van der Waals surface area contributed by atoms with Gasteiger partial charge in [0.15, 0.2) is 0 Å². The van der Waals surface area contributed by atoms with Crippen molar-refractivity contribution in [2.75, 3.05) is 0 Å². The topological polar surface area (TPSA) is 56.3 Å². The summed E-state index contributed by atoms with van der Waals surface area (Å²) < 4.78 is 80.8. The summed E-state index contributed by atoms with van der Waals surface area (Å²) >= 11 is 0. The fourth-order valence-corrected chi connectivity index (χ4v) is 4.66. The van der Waals surface area contributed by atoms with E-state index >= 15 is 0 Å². The zero-order valence-electron chi connectivity index (χ0n) is 16.7. The Morgan fingerprint density at radius 3 is 1.32 bits per heavy atom. The Kier molecular flexibility index (Phi) is 5.00. The molecule has 0 aromatic heterocycles. The zero-order chi connectivity index (χ0) is 25.0. The maximum absolute atomic E-state index is 13.5. The second-order valence-corrected chi connectivity index (χ2v) is 7.53. The number of allylic oxidation sites excluding steroid dienone is 4. The number of halogens is 6. The number of rotatable bonds is 0. The van der Waals surface area contributed by atoms with Crippen LogP contribution in [0.15, 0.2) is 47.8 Å². The molecule has 0 spiro atoms. The maximum atomic E-state index is 13.5. The Morgan fingerprint density at radius 1 is 0.706 bits per heavy atom. The van der Waals surface area contributed by atoms with Crippen LogP contribution >= 0.6 is 0 Å². The van der Waals surface area contributed by atoms with Crippen molar-refractivity contribution in [3.63, 3.8) is 0 Å². The number of benzene rings is 2. The molecule has 0 aliphatic heterocycles. The molecule has 166 valence electrons. The van der Waals surface area contributed by atoms with Crippen molar-refractivity contribution in [1.82, 2.24) is 0 Å². The third-order valence-electron chi connectivity index (χ3n) is 5.91. The lowest BCUT2D eigenvalue weighted by molar-refractivity contribution is -0.138. The van der Waals surface area contributed by atoms with E-state index in [-0.39, 0.29) is 33.4 Å². The van der Waals surface area contributed by atoms with E-state index in [0.717, 1.165) is 36.4 Å². The van der Waals surface area contributed by atoms with Gasteiger partial charge in [0.2, 0.25) is 0 Å². The van der Waals surface area contributed by atoms with Crippen LogP contribution < -0.4 is 0 Å². The first kappa shape index (κ1) is 22.6. The van der Waals surface area contributed by atoms with Crippen LogP contribution in [0, 0.1) is 35.8 Å². The summed E-state index contributed by atoms with van der Waals surface area (Å²) in [5, 5.41) is 19.0. The highest BCUT2D eigenvalue weighted by Crippen LogP contribution is 2.64. The van der Waals surface area contributed by atoms with Gasteiger partial charge in [-0.15, -0.1) is 0 Å². The van der Waals surface area contributed by atoms with Crippen molar-refractivity contribution in [1.29, 1.82) is 10.5 Å². The molecule has 10 heteroatoms. The molecule has 2 aliphatic rings. The number of fused-ring (bicyclic) bond motifs is 5. The number of nitrogens with zero attached hydrogens (tertiary/aromatic N) is 4. The van der Waals surface area contributed by atoms with E-state index in [9.17, 15) is 36.9 Å². The number of hydrogen-bond acceptors (Lipinski definition) is 2. The maximum Gasteiger partial charge on any atom is 0.416 e. The average Bonchev–Trinajstić information content (AvgIpc) is 3.27. The molecule has 0 fully saturated rings. The van der Waals surface area contributed by atoms with E-state index in [0.29, 0.717) is 0 Å². The first-order valence-corrected chi connectivity index (χ1v) is 9.44. The summed E-state index contributed by atoms with van der Waals surface area (Å²) in [6.45, 7) is 14.7. The first-order valence-electron chi connectivity index (χ1n) is 9.44. The summed E-state index contributed by atoms with van der Waals surface area (Å²) in [7, 11) is 0. The third-order valence-corrected chi connectivity index (χ3v) is 5.91. The molecule has 2 aliphatic carbocycles. The van der Waals surface area contributed by atoms with Gasteiger partial charge in [-0.1, -0.05) is 12.1 Å². The molecule has 0 N–H and O–H groups in total. The summed E-state index contributed by atoms with van der Waals surface area (Å²) in [5.41, 5.74) is -2.94. The van der Waals surface area contributed by atoms with E-state index in [2.05, 4.69) is 9.69 Å². The molecule has 2 unspecified atom stereocenters. The SMILES string of the molecule is [C-]#[N+]C(C#N)=C1c2ccc(C(F)(F)F)cc2C2C(=C(C#N)[N+]#[C-])c3ccc(C(F)(F)F)cc3C12. The Bertz CT molecular complexity index is 1330. The highest BCUT2D eigenvalue weighted by Gasteiger charge is 2.49. The van der Waals surface area contributed by atoms with Crippen molar-refractivity contribution < 1.29 is 26.3 Å². The Hall–Kier alpha value is -4.54. The van der Waals surface area contributed by atoms with Crippen molar-refractivity contribution in [2.45, 2.75) is 24.2 Å². The minimum absolute atomic E-state index is 0.0117. The van der Waals surface area contributed by atoms with Crippen molar-refractivity contribution in [2.24, 2.45) is 0 Å². The Balaban J connectivity index is 2.17. The molecule has 0 bridgehead atoms. The molecular weight excluding hydrogens is 458 g/mol. The normalized spacial score (nSPS) is 21.2. The molecule has 0 saturated carbocycles. The van der Waals surface area contributed by atoms with Crippen LogP contribution in [0.3, 0.4) is 0 Å². The molecule has 34 heavy (non-hydrogen) atoms. The Labute approximate surface area is 188 Å². The molecule has 0 saturated heterocycles. The van der Waals surface area contributed by atoms with Crippen molar-refractivity contribution in [3.05, 3.63) is 104 Å². The standard InChI is InChI=1S/C24H8F6N4/c1-33-17(9-31)19-13-5-3-11(23(25,26)27)7-15(13)22-20(18(10-32)34-2)14-6-4-12(24(28,29)30)8-16(14)21(19)22/h3-8,21-22H. The second kappa shape index (κ2) is 7.51. The summed E-state index contributed by atoms with van der Waals surface area (Å²) in [6, 6.07) is 8.62. The molecule has 0 radical (unpaired) electrons. The summed E-state index contributed by atoms with van der Waals surface area (Å²) in [4.78, 5) is 6.31. The quantitative estimate of drug-likeness (QED) is 0.240. The predicted molar refractivity (Wildman–Crippen MR) is 107 cm³/mol. The van der Waals surface area contributed by atoms with Crippen molar-refractivity contribution >= 4 is 11.1 Å². The summed E-state index contributed by atoms with van der Waals surface area (Å²) in [6.07, 6.45) is -9.49. The van der Waals surface area contributed by atoms with Crippen LogP contribution in [0.2, 0.25) is 0 Å². The molecule has 4 rings (SSSR count). The van der Waals surface area contributed by atoms with E-state index in [1.807, 2.05) is 0 Å². The smallest absolute Gasteiger partial charge is 0.226 e. The highest BCUT2D eigenvalue weighted by atomic mass is 19.4. The van der Waals surface area contributed by atoms with Gasteiger partial charge in [0, 0.05) is 11.8 Å². The molecule has 0 heterocycles. The molecule has 4 nitrogen and oxygen atoms in total. The first-order chi connectivity index (χ1) is 16.0. The van der Waals surface area contributed by atoms with Gasteiger partial charge in [-0.2, -0.15) is 26.3 Å². The van der Waals surface area contributed by atoms with Crippen LogP contribution in [0.25, 0.3) is 20.8 Å².